The molecule has 0 amide bonds. The number of nitrogens with two attached hydrogens (primary N) is 1. The highest BCUT2D eigenvalue weighted by Crippen LogP contribution is 2.11. The zero-order chi connectivity index (χ0) is 12.8. The number of nitrogen functional groups attached to an aromatic ring is 1. The molecule has 94 valence electrons. The summed E-state index contributed by atoms with van der Waals surface area (Å²) in [4.78, 5) is 0. The van der Waals surface area contributed by atoms with Crippen LogP contribution in [0.25, 0.3) is 0 Å². The van der Waals surface area contributed by atoms with Crippen LogP contribution in [-0.2, 0) is 17.8 Å². The molecular formula is C16H19NO. The zero-order valence-electron chi connectivity index (χ0n) is 10.7. The molecular weight excluding hydrogens is 222 g/mol. The van der Waals surface area contributed by atoms with E-state index in [1.807, 2.05) is 24.3 Å². The average molecular weight is 241 g/mol. The van der Waals surface area contributed by atoms with Crippen LogP contribution < -0.4 is 5.73 Å². The average Bonchev–Trinajstić information content (AvgIpc) is 2.39. The number of rotatable bonds is 5. The number of hydrogen-bond donors (Lipinski definition) is 1. The fraction of sp³-hybridized carbons (Fsp3) is 0.250. The van der Waals surface area contributed by atoms with Gasteiger partial charge < -0.3 is 10.5 Å². The van der Waals surface area contributed by atoms with E-state index in [1.54, 1.807) is 0 Å². The minimum atomic E-state index is 0.660. The van der Waals surface area contributed by atoms with Gasteiger partial charge in [-0.1, -0.05) is 48.0 Å². The third-order valence-corrected chi connectivity index (χ3v) is 2.96. The van der Waals surface area contributed by atoms with Gasteiger partial charge in [0.1, 0.15) is 0 Å². The molecule has 0 aliphatic rings. The van der Waals surface area contributed by atoms with Crippen molar-refractivity contribution in [2.24, 2.45) is 0 Å². The molecule has 0 aliphatic heterocycles. The summed E-state index contributed by atoms with van der Waals surface area (Å²) in [6.45, 7) is 3.44. The van der Waals surface area contributed by atoms with Gasteiger partial charge in [-0.05, 0) is 30.5 Å². The Balaban J connectivity index is 1.76. The van der Waals surface area contributed by atoms with Crippen LogP contribution in [0.1, 0.15) is 16.7 Å². The predicted octanol–water partition coefficient (Wildman–Crippen LogP) is 3.34. The van der Waals surface area contributed by atoms with E-state index >= 15 is 0 Å². The number of benzene rings is 2. The van der Waals surface area contributed by atoms with Crippen molar-refractivity contribution in [2.75, 3.05) is 12.3 Å². The van der Waals surface area contributed by atoms with Crippen molar-refractivity contribution in [3.8, 4) is 0 Å². The van der Waals surface area contributed by atoms with E-state index in [0.29, 0.717) is 13.2 Å². The van der Waals surface area contributed by atoms with Crippen LogP contribution in [0.2, 0.25) is 0 Å². The van der Waals surface area contributed by atoms with Crippen LogP contribution >= 0.6 is 0 Å². The van der Waals surface area contributed by atoms with Gasteiger partial charge in [0.15, 0.2) is 0 Å². The second-order valence-corrected chi connectivity index (χ2v) is 4.49. The molecule has 2 aromatic rings. The topological polar surface area (TPSA) is 35.2 Å². The van der Waals surface area contributed by atoms with E-state index in [4.69, 9.17) is 10.5 Å². The van der Waals surface area contributed by atoms with Gasteiger partial charge >= 0.3 is 0 Å². The maximum absolute atomic E-state index is 5.87. The normalized spacial score (nSPS) is 10.5. The van der Waals surface area contributed by atoms with Gasteiger partial charge in [0, 0.05) is 5.69 Å². The molecule has 0 fully saturated rings. The van der Waals surface area contributed by atoms with Crippen LogP contribution in [0.4, 0.5) is 5.69 Å². The van der Waals surface area contributed by atoms with Crippen molar-refractivity contribution < 1.29 is 4.74 Å². The maximum Gasteiger partial charge on any atom is 0.0717 e. The van der Waals surface area contributed by atoms with Crippen molar-refractivity contribution in [3.05, 3.63) is 65.2 Å². The van der Waals surface area contributed by atoms with Crippen molar-refractivity contribution >= 4 is 5.69 Å². The molecule has 0 spiro atoms. The number of aryl methyl sites for hydroxylation is 1. The molecule has 0 heterocycles. The van der Waals surface area contributed by atoms with Crippen molar-refractivity contribution in [3.63, 3.8) is 0 Å². The molecule has 0 saturated carbocycles. The van der Waals surface area contributed by atoms with E-state index in [9.17, 15) is 0 Å². The predicted molar refractivity (Wildman–Crippen MR) is 75.4 cm³/mol. The third kappa shape index (κ3) is 3.60. The van der Waals surface area contributed by atoms with Gasteiger partial charge in [-0.2, -0.15) is 0 Å². The molecule has 0 radical (unpaired) electrons. The van der Waals surface area contributed by atoms with E-state index in [1.165, 1.54) is 11.1 Å². The Labute approximate surface area is 108 Å². The molecule has 2 N–H and O–H groups in total. The summed E-state index contributed by atoms with van der Waals surface area (Å²) < 4.78 is 5.66. The highest BCUT2D eigenvalue weighted by molar-refractivity contribution is 5.46. The van der Waals surface area contributed by atoms with E-state index in [0.717, 1.165) is 17.7 Å². The Morgan fingerprint density at radius 1 is 1.00 bits per heavy atom. The third-order valence-electron chi connectivity index (χ3n) is 2.96. The molecule has 0 atom stereocenters. The van der Waals surface area contributed by atoms with Crippen LogP contribution in [-0.4, -0.2) is 6.61 Å². The Kier molecular flexibility index (Phi) is 4.37. The first kappa shape index (κ1) is 12.7. The van der Waals surface area contributed by atoms with E-state index < -0.39 is 0 Å². The fourth-order valence-corrected chi connectivity index (χ4v) is 1.82. The number of hydrogen-bond acceptors (Lipinski definition) is 2. The van der Waals surface area contributed by atoms with Crippen LogP contribution in [0.3, 0.4) is 0 Å². The highest BCUT2D eigenvalue weighted by Gasteiger charge is 1.98. The maximum atomic E-state index is 5.87. The smallest absolute Gasteiger partial charge is 0.0717 e. The Morgan fingerprint density at radius 3 is 2.44 bits per heavy atom. The van der Waals surface area contributed by atoms with Crippen LogP contribution in [0.15, 0.2) is 48.5 Å². The van der Waals surface area contributed by atoms with Gasteiger partial charge in [-0.15, -0.1) is 0 Å². The standard InChI is InChI=1S/C16H19NO/c1-13-6-8-14(9-7-13)12-18-11-10-15-4-2-3-5-16(15)17/h2-9H,10-12,17H2,1H3. The summed E-state index contributed by atoms with van der Waals surface area (Å²) in [6.07, 6.45) is 0.860. The summed E-state index contributed by atoms with van der Waals surface area (Å²) in [5, 5.41) is 0. The molecule has 0 aromatic heterocycles. The summed E-state index contributed by atoms with van der Waals surface area (Å²) >= 11 is 0. The monoisotopic (exact) mass is 241 g/mol. The highest BCUT2D eigenvalue weighted by atomic mass is 16.5. The number of para-hydroxylation sites is 1. The minimum absolute atomic E-state index is 0.660. The molecule has 2 rings (SSSR count). The molecule has 2 aromatic carbocycles. The summed E-state index contributed by atoms with van der Waals surface area (Å²) in [7, 11) is 0. The second kappa shape index (κ2) is 6.22. The first-order valence-electron chi connectivity index (χ1n) is 6.22. The lowest BCUT2D eigenvalue weighted by Crippen LogP contribution is -2.01. The Bertz CT molecular complexity index is 491. The van der Waals surface area contributed by atoms with Gasteiger partial charge in [0.25, 0.3) is 0 Å². The summed E-state index contributed by atoms with van der Waals surface area (Å²) in [5.41, 5.74) is 10.4. The van der Waals surface area contributed by atoms with Crippen LogP contribution in [0, 0.1) is 6.92 Å². The fourth-order valence-electron chi connectivity index (χ4n) is 1.82. The number of anilines is 1. The first-order chi connectivity index (χ1) is 8.75. The van der Waals surface area contributed by atoms with Gasteiger partial charge in [-0.25, -0.2) is 0 Å². The van der Waals surface area contributed by atoms with Gasteiger partial charge in [0.2, 0.25) is 0 Å². The first-order valence-corrected chi connectivity index (χ1v) is 6.22. The molecule has 0 unspecified atom stereocenters. The Morgan fingerprint density at radius 2 is 1.72 bits per heavy atom. The van der Waals surface area contributed by atoms with E-state index in [-0.39, 0.29) is 0 Å². The minimum Gasteiger partial charge on any atom is -0.399 e. The quantitative estimate of drug-likeness (QED) is 0.643. The van der Waals surface area contributed by atoms with Gasteiger partial charge in [-0.3, -0.25) is 0 Å². The Hall–Kier alpha value is -1.80. The van der Waals surface area contributed by atoms with Gasteiger partial charge in [0.05, 0.1) is 13.2 Å². The molecule has 18 heavy (non-hydrogen) atoms. The summed E-state index contributed by atoms with van der Waals surface area (Å²) in [6, 6.07) is 16.3. The van der Waals surface area contributed by atoms with Crippen molar-refractivity contribution in [1.82, 2.24) is 0 Å². The summed E-state index contributed by atoms with van der Waals surface area (Å²) in [5.74, 6) is 0. The molecule has 2 nitrogen and oxygen atoms in total. The van der Waals surface area contributed by atoms with Crippen molar-refractivity contribution in [1.29, 1.82) is 0 Å². The molecule has 2 heteroatoms. The molecule has 0 bridgehead atoms. The lowest BCUT2D eigenvalue weighted by Gasteiger charge is -2.07. The van der Waals surface area contributed by atoms with Crippen LogP contribution in [0.5, 0.6) is 0 Å². The zero-order valence-corrected chi connectivity index (χ0v) is 10.7. The second-order valence-electron chi connectivity index (χ2n) is 4.49. The number of ether oxygens (including phenoxy) is 1. The lowest BCUT2D eigenvalue weighted by atomic mass is 10.1. The molecule has 0 saturated heterocycles. The van der Waals surface area contributed by atoms with Crippen molar-refractivity contribution in [2.45, 2.75) is 20.0 Å². The molecule has 0 aliphatic carbocycles. The SMILES string of the molecule is Cc1ccc(COCCc2ccccc2N)cc1. The lowest BCUT2D eigenvalue weighted by molar-refractivity contribution is 0.124. The largest absolute Gasteiger partial charge is 0.399 e. The van der Waals surface area contributed by atoms with E-state index in [2.05, 4.69) is 31.2 Å².